The van der Waals surface area contributed by atoms with Gasteiger partial charge in [-0.3, -0.25) is 14.7 Å². The van der Waals surface area contributed by atoms with E-state index in [-0.39, 0.29) is 11.9 Å². The van der Waals surface area contributed by atoms with Crippen molar-refractivity contribution < 1.29 is 4.79 Å². The maximum absolute atomic E-state index is 12.5. The van der Waals surface area contributed by atoms with Crippen molar-refractivity contribution in [2.75, 3.05) is 19.4 Å². The maximum Gasteiger partial charge on any atom is 0.246 e. The van der Waals surface area contributed by atoms with E-state index in [0.29, 0.717) is 0 Å². The number of nitrogens with one attached hydrogen (secondary N) is 1. The molecule has 20 heavy (non-hydrogen) atoms. The van der Waals surface area contributed by atoms with E-state index >= 15 is 0 Å². The number of nitrogens with zero attached hydrogens (tertiary/aromatic N) is 2. The summed E-state index contributed by atoms with van der Waals surface area (Å²) in [5.74, 6) is -0.0823. The van der Waals surface area contributed by atoms with Gasteiger partial charge in [0.15, 0.2) is 0 Å². The molecule has 1 aromatic carbocycles. The van der Waals surface area contributed by atoms with Crippen LogP contribution >= 0.6 is 15.9 Å². The Hall–Kier alpha value is -1.72. The predicted molar refractivity (Wildman–Crippen MR) is 83.4 cm³/mol. The Bertz CT molecular complexity index is 587. The Kier molecular flexibility index (Phi) is 4.87. The van der Waals surface area contributed by atoms with Gasteiger partial charge in [-0.25, -0.2) is 0 Å². The smallest absolute Gasteiger partial charge is 0.246 e. The number of hydrogen-bond acceptors (Lipinski definition) is 3. The van der Waals surface area contributed by atoms with Crippen molar-refractivity contribution in [3.63, 3.8) is 0 Å². The molecule has 1 unspecified atom stereocenters. The lowest BCUT2D eigenvalue weighted by Crippen LogP contribution is -2.32. The largest absolute Gasteiger partial charge is 0.324 e. The summed E-state index contributed by atoms with van der Waals surface area (Å²) in [6.07, 6.45) is 3.41. The number of benzene rings is 1. The monoisotopic (exact) mass is 333 g/mol. The molecule has 2 rings (SSSR count). The summed E-state index contributed by atoms with van der Waals surface area (Å²) in [4.78, 5) is 18.4. The second-order valence-corrected chi connectivity index (χ2v) is 5.57. The fourth-order valence-corrected chi connectivity index (χ4v) is 2.40. The van der Waals surface area contributed by atoms with Gasteiger partial charge in [-0.05, 0) is 43.9 Å². The Morgan fingerprint density at radius 1 is 1.30 bits per heavy atom. The van der Waals surface area contributed by atoms with Gasteiger partial charge in [0.1, 0.15) is 6.04 Å². The number of amides is 1. The molecule has 1 amide bonds. The maximum atomic E-state index is 12.5. The molecule has 104 valence electrons. The third-order valence-corrected chi connectivity index (χ3v) is 3.35. The molecule has 1 N–H and O–H groups in total. The van der Waals surface area contributed by atoms with Crippen molar-refractivity contribution in [2.45, 2.75) is 6.04 Å². The molecule has 2 aromatic rings. The van der Waals surface area contributed by atoms with Gasteiger partial charge in [0.25, 0.3) is 0 Å². The highest BCUT2D eigenvalue weighted by atomic mass is 79.9. The van der Waals surface area contributed by atoms with Gasteiger partial charge in [0, 0.05) is 22.6 Å². The molecule has 0 saturated heterocycles. The van der Waals surface area contributed by atoms with Crippen LogP contribution in [0.5, 0.6) is 0 Å². The van der Waals surface area contributed by atoms with Crippen LogP contribution in [0.1, 0.15) is 11.6 Å². The topological polar surface area (TPSA) is 45.2 Å². The number of anilines is 1. The highest BCUT2D eigenvalue weighted by Crippen LogP contribution is 2.21. The fourth-order valence-electron chi connectivity index (χ4n) is 2.00. The van der Waals surface area contributed by atoms with Gasteiger partial charge in [-0.15, -0.1) is 0 Å². The first-order valence-corrected chi connectivity index (χ1v) is 7.00. The van der Waals surface area contributed by atoms with Crippen LogP contribution in [0.2, 0.25) is 0 Å². The number of likely N-dealkylation sites (N-methyl/N-ethyl adjacent to an activating group) is 1. The van der Waals surface area contributed by atoms with Crippen LogP contribution in [0.15, 0.2) is 53.3 Å². The molecule has 0 aliphatic rings. The van der Waals surface area contributed by atoms with E-state index in [2.05, 4.69) is 26.2 Å². The van der Waals surface area contributed by atoms with Gasteiger partial charge in [-0.2, -0.15) is 0 Å². The minimum atomic E-state index is -0.373. The van der Waals surface area contributed by atoms with Crippen LogP contribution < -0.4 is 5.32 Å². The van der Waals surface area contributed by atoms with Gasteiger partial charge in [0.2, 0.25) is 5.91 Å². The molecular formula is C15H16BrN3O. The summed E-state index contributed by atoms with van der Waals surface area (Å²) in [6, 6.07) is 10.9. The van der Waals surface area contributed by atoms with E-state index in [1.165, 1.54) is 0 Å². The molecule has 4 nitrogen and oxygen atoms in total. The lowest BCUT2D eigenvalue weighted by Gasteiger charge is -2.23. The SMILES string of the molecule is CN(C)C(C(=O)Nc1cccc(Br)c1)c1cccnc1. The molecule has 0 fully saturated rings. The minimum Gasteiger partial charge on any atom is -0.324 e. The average Bonchev–Trinajstić information content (AvgIpc) is 2.39. The third-order valence-electron chi connectivity index (χ3n) is 2.86. The van der Waals surface area contributed by atoms with Gasteiger partial charge >= 0.3 is 0 Å². The zero-order valence-electron chi connectivity index (χ0n) is 11.4. The quantitative estimate of drug-likeness (QED) is 0.935. The molecular weight excluding hydrogens is 318 g/mol. The number of carbonyl (C=O) groups is 1. The van der Waals surface area contributed by atoms with Crippen molar-refractivity contribution in [2.24, 2.45) is 0 Å². The predicted octanol–water partition coefficient (Wildman–Crippen LogP) is 3.09. The summed E-state index contributed by atoms with van der Waals surface area (Å²) in [7, 11) is 3.75. The second kappa shape index (κ2) is 6.63. The molecule has 1 atom stereocenters. The first-order chi connectivity index (χ1) is 9.58. The average molecular weight is 334 g/mol. The molecule has 1 heterocycles. The molecule has 0 aliphatic heterocycles. The molecule has 0 radical (unpaired) electrons. The fraction of sp³-hybridized carbons (Fsp3) is 0.200. The van der Waals surface area contributed by atoms with Crippen LogP contribution in [0.4, 0.5) is 5.69 Å². The summed E-state index contributed by atoms with van der Waals surface area (Å²) in [5, 5.41) is 2.92. The van der Waals surface area contributed by atoms with Crippen LogP contribution in [-0.2, 0) is 4.79 Å². The van der Waals surface area contributed by atoms with Crippen molar-refractivity contribution in [3.05, 3.63) is 58.8 Å². The number of aromatic nitrogens is 1. The minimum absolute atomic E-state index is 0.0823. The first-order valence-electron chi connectivity index (χ1n) is 6.20. The molecule has 5 heteroatoms. The van der Waals surface area contributed by atoms with Gasteiger partial charge in [-0.1, -0.05) is 28.1 Å². The van der Waals surface area contributed by atoms with Crippen molar-refractivity contribution >= 4 is 27.5 Å². The number of rotatable bonds is 4. The Labute approximate surface area is 127 Å². The summed E-state index contributed by atoms with van der Waals surface area (Å²) in [5.41, 5.74) is 1.63. The normalized spacial score (nSPS) is 12.2. The zero-order valence-corrected chi connectivity index (χ0v) is 13.0. The third kappa shape index (κ3) is 3.65. The van der Waals surface area contributed by atoms with E-state index in [4.69, 9.17) is 0 Å². The lowest BCUT2D eigenvalue weighted by molar-refractivity contribution is -0.120. The van der Waals surface area contributed by atoms with Crippen molar-refractivity contribution in [1.29, 1.82) is 0 Å². The molecule has 0 aliphatic carbocycles. The first kappa shape index (κ1) is 14.7. The molecule has 1 aromatic heterocycles. The Morgan fingerprint density at radius 2 is 2.10 bits per heavy atom. The standard InChI is InChI=1S/C15H16BrN3O/c1-19(2)14(11-5-4-8-17-10-11)15(20)18-13-7-3-6-12(16)9-13/h3-10,14H,1-2H3,(H,18,20). The van der Waals surface area contributed by atoms with Crippen molar-refractivity contribution in [3.8, 4) is 0 Å². The molecule has 0 bridgehead atoms. The number of pyridine rings is 1. The van der Waals surface area contributed by atoms with E-state index in [1.54, 1.807) is 12.4 Å². The number of carbonyl (C=O) groups excluding carboxylic acids is 1. The number of halogens is 1. The van der Waals surface area contributed by atoms with Gasteiger partial charge in [0.05, 0.1) is 0 Å². The summed E-state index contributed by atoms with van der Waals surface area (Å²) < 4.78 is 0.929. The zero-order chi connectivity index (χ0) is 14.5. The lowest BCUT2D eigenvalue weighted by atomic mass is 10.1. The Balaban J connectivity index is 2.20. The van der Waals surface area contributed by atoms with E-state index in [0.717, 1.165) is 15.7 Å². The van der Waals surface area contributed by atoms with E-state index in [9.17, 15) is 4.79 Å². The van der Waals surface area contributed by atoms with Crippen LogP contribution in [0, 0.1) is 0 Å². The van der Waals surface area contributed by atoms with Crippen LogP contribution in [0.3, 0.4) is 0 Å². The van der Waals surface area contributed by atoms with Crippen LogP contribution in [0.25, 0.3) is 0 Å². The number of hydrogen-bond donors (Lipinski definition) is 1. The molecule has 0 saturated carbocycles. The van der Waals surface area contributed by atoms with Crippen molar-refractivity contribution in [1.82, 2.24) is 9.88 Å². The van der Waals surface area contributed by atoms with Gasteiger partial charge < -0.3 is 5.32 Å². The summed E-state index contributed by atoms with van der Waals surface area (Å²) in [6.45, 7) is 0. The van der Waals surface area contributed by atoms with E-state index < -0.39 is 0 Å². The Morgan fingerprint density at radius 3 is 2.70 bits per heavy atom. The van der Waals surface area contributed by atoms with Crippen LogP contribution in [-0.4, -0.2) is 29.9 Å². The summed E-state index contributed by atoms with van der Waals surface area (Å²) >= 11 is 3.39. The highest BCUT2D eigenvalue weighted by molar-refractivity contribution is 9.10. The second-order valence-electron chi connectivity index (χ2n) is 4.65. The van der Waals surface area contributed by atoms with E-state index in [1.807, 2.05) is 55.4 Å². The molecule has 0 spiro atoms. The highest BCUT2D eigenvalue weighted by Gasteiger charge is 2.23.